The second-order valence-corrected chi connectivity index (χ2v) is 6.73. The van der Waals surface area contributed by atoms with E-state index in [1.165, 1.54) is 0 Å². The summed E-state index contributed by atoms with van der Waals surface area (Å²) in [6.07, 6.45) is -0.996. The van der Waals surface area contributed by atoms with Gasteiger partial charge in [-0.25, -0.2) is 0 Å². The van der Waals surface area contributed by atoms with Gasteiger partial charge >= 0.3 is 0 Å². The van der Waals surface area contributed by atoms with Crippen LogP contribution in [0.3, 0.4) is 0 Å². The second-order valence-electron chi connectivity index (χ2n) is 6.73. The zero-order chi connectivity index (χ0) is 19.7. The Morgan fingerprint density at radius 2 is 1.15 bits per heavy atom. The molecule has 0 aliphatic rings. The highest BCUT2D eigenvalue weighted by Crippen LogP contribution is 2.09. The van der Waals surface area contributed by atoms with Gasteiger partial charge < -0.3 is 30.6 Å². The Bertz CT molecular complexity index is 480. The van der Waals surface area contributed by atoms with Gasteiger partial charge in [0.05, 0.1) is 25.4 Å². The van der Waals surface area contributed by atoms with Crippen molar-refractivity contribution >= 4 is 0 Å². The summed E-state index contributed by atoms with van der Waals surface area (Å²) in [4.78, 5) is 7.82. The molecule has 0 saturated carbocycles. The van der Waals surface area contributed by atoms with Crippen LogP contribution in [-0.4, -0.2) is 110 Å². The fraction of sp³-hybridized carbons (Fsp3) is 0.706. The highest BCUT2D eigenvalue weighted by Gasteiger charge is 2.18. The SMILES string of the molecule is CN(Cc1cncc(CN(C)CC(O)C(O)CO)c1)CC(O)C(O)CO. The number of likely N-dealkylation sites (N-methyl/N-ethyl adjacent to an activating group) is 2. The van der Waals surface area contributed by atoms with E-state index in [1.54, 1.807) is 26.5 Å². The lowest BCUT2D eigenvalue weighted by Gasteiger charge is -2.24. The molecule has 9 nitrogen and oxygen atoms in total. The Morgan fingerprint density at radius 1 is 0.769 bits per heavy atom. The van der Waals surface area contributed by atoms with Gasteiger partial charge in [0.25, 0.3) is 0 Å². The molecule has 6 N–H and O–H groups in total. The Balaban J connectivity index is 2.56. The summed E-state index contributed by atoms with van der Waals surface area (Å²) in [7, 11) is 3.58. The van der Waals surface area contributed by atoms with E-state index in [0.29, 0.717) is 13.1 Å². The fourth-order valence-corrected chi connectivity index (χ4v) is 2.59. The van der Waals surface area contributed by atoms with Crippen molar-refractivity contribution < 1.29 is 30.6 Å². The van der Waals surface area contributed by atoms with Crippen molar-refractivity contribution in [1.82, 2.24) is 14.8 Å². The van der Waals surface area contributed by atoms with Crippen LogP contribution < -0.4 is 0 Å². The number of hydrogen-bond acceptors (Lipinski definition) is 9. The van der Waals surface area contributed by atoms with Crippen molar-refractivity contribution in [3.05, 3.63) is 29.6 Å². The number of aliphatic hydroxyl groups excluding tert-OH is 6. The van der Waals surface area contributed by atoms with Crippen LogP contribution in [0.1, 0.15) is 11.1 Å². The maximum Gasteiger partial charge on any atom is 0.104 e. The summed E-state index contributed by atoms with van der Waals surface area (Å²) in [5, 5.41) is 56.0. The largest absolute Gasteiger partial charge is 0.394 e. The van der Waals surface area contributed by atoms with Crippen molar-refractivity contribution in [2.45, 2.75) is 37.5 Å². The van der Waals surface area contributed by atoms with Crippen LogP contribution in [0.15, 0.2) is 18.5 Å². The summed E-state index contributed by atoms with van der Waals surface area (Å²) in [6.45, 7) is 0.440. The third kappa shape index (κ3) is 8.02. The zero-order valence-electron chi connectivity index (χ0n) is 15.3. The van der Waals surface area contributed by atoms with Gasteiger partial charge in [-0.1, -0.05) is 6.07 Å². The van der Waals surface area contributed by atoms with Gasteiger partial charge in [0, 0.05) is 38.6 Å². The third-order valence-corrected chi connectivity index (χ3v) is 4.02. The van der Waals surface area contributed by atoms with E-state index in [9.17, 15) is 20.4 Å². The lowest BCUT2D eigenvalue weighted by atomic mass is 10.1. The fourth-order valence-electron chi connectivity index (χ4n) is 2.59. The molecule has 4 atom stereocenters. The van der Waals surface area contributed by atoms with Gasteiger partial charge in [-0.05, 0) is 25.2 Å². The van der Waals surface area contributed by atoms with E-state index in [4.69, 9.17) is 10.2 Å². The average Bonchev–Trinajstić information content (AvgIpc) is 2.59. The monoisotopic (exact) mass is 373 g/mol. The first-order chi connectivity index (χ1) is 12.3. The molecular formula is C17H31N3O6. The highest BCUT2D eigenvalue weighted by atomic mass is 16.4. The molecule has 1 heterocycles. The molecule has 0 aromatic carbocycles. The molecule has 0 aliphatic heterocycles. The summed E-state index contributed by atoms with van der Waals surface area (Å²) in [6, 6.07) is 1.95. The van der Waals surface area contributed by atoms with Gasteiger partial charge in [-0.15, -0.1) is 0 Å². The maximum atomic E-state index is 9.75. The van der Waals surface area contributed by atoms with E-state index in [0.717, 1.165) is 11.1 Å². The van der Waals surface area contributed by atoms with Gasteiger partial charge in [-0.3, -0.25) is 14.8 Å². The molecule has 0 saturated heterocycles. The molecule has 1 aromatic rings. The lowest BCUT2D eigenvalue weighted by Crippen LogP contribution is -2.39. The van der Waals surface area contributed by atoms with Crippen LogP contribution in [0.25, 0.3) is 0 Å². The molecule has 1 rings (SSSR count). The molecule has 0 bridgehead atoms. The van der Waals surface area contributed by atoms with Crippen molar-refractivity contribution in [3.63, 3.8) is 0 Å². The van der Waals surface area contributed by atoms with Crippen molar-refractivity contribution in [1.29, 1.82) is 0 Å². The van der Waals surface area contributed by atoms with E-state index in [1.807, 2.05) is 15.9 Å². The van der Waals surface area contributed by atoms with E-state index in [2.05, 4.69) is 4.98 Å². The standard InChI is InChI=1S/C17H31N3O6/c1-19(8-14(23)16(25)10-21)6-12-3-13(5-18-4-12)7-20(2)9-15(24)17(26)11-22/h3-5,14-17,21-26H,6-11H2,1-2H3. The van der Waals surface area contributed by atoms with E-state index < -0.39 is 37.6 Å². The predicted molar refractivity (Wildman–Crippen MR) is 95.1 cm³/mol. The first-order valence-electron chi connectivity index (χ1n) is 8.50. The minimum Gasteiger partial charge on any atom is -0.394 e. The maximum absolute atomic E-state index is 9.75. The van der Waals surface area contributed by atoms with Crippen LogP contribution in [-0.2, 0) is 13.1 Å². The van der Waals surface area contributed by atoms with Gasteiger partial charge in [0.1, 0.15) is 12.2 Å². The predicted octanol–water partition coefficient (Wildman–Crippen LogP) is -2.63. The van der Waals surface area contributed by atoms with Crippen LogP contribution in [0, 0.1) is 0 Å². The number of rotatable bonds is 12. The smallest absolute Gasteiger partial charge is 0.104 e. The van der Waals surface area contributed by atoms with Gasteiger partial charge in [0.15, 0.2) is 0 Å². The lowest BCUT2D eigenvalue weighted by molar-refractivity contribution is -0.0274. The van der Waals surface area contributed by atoms with Crippen LogP contribution in [0.4, 0.5) is 0 Å². The van der Waals surface area contributed by atoms with Crippen molar-refractivity contribution in [2.75, 3.05) is 40.4 Å². The Morgan fingerprint density at radius 3 is 1.50 bits per heavy atom. The molecule has 4 unspecified atom stereocenters. The molecule has 9 heteroatoms. The molecule has 1 aromatic heterocycles. The van der Waals surface area contributed by atoms with Crippen LogP contribution in [0.2, 0.25) is 0 Å². The number of hydrogen-bond donors (Lipinski definition) is 6. The molecule has 26 heavy (non-hydrogen) atoms. The summed E-state index contributed by atoms with van der Waals surface area (Å²) in [5.41, 5.74) is 1.83. The van der Waals surface area contributed by atoms with Crippen LogP contribution >= 0.6 is 0 Å². The van der Waals surface area contributed by atoms with Crippen molar-refractivity contribution in [2.24, 2.45) is 0 Å². The van der Waals surface area contributed by atoms with Crippen LogP contribution in [0.5, 0.6) is 0 Å². The van der Waals surface area contributed by atoms with Crippen molar-refractivity contribution in [3.8, 4) is 0 Å². The molecule has 0 amide bonds. The quantitative estimate of drug-likeness (QED) is 0.232. The third-order valence-electron chi connectivity index (χ3n) is 4.02. The Kier molecular flexibility index (Phi) is 10.1. The first-order valence-corrected chi connectivity index (χ1v) is 8.50. The Labute approximate surface area is 153 Å². The average molecular weight is 373 g/mol. The minimum absolute atomic E-state index is 0.205. The zero-order valence-corrected chi connectivity index (χ0v) is 15.3. The summed E-state index contributed by atoms with van der Waals surface area (Å²) < 4.78 is 0. The topological polar surface area (TPSA) is 141 Å². The normalized spacial score (nSPS) is 16.7. The Hall–Kier alpha value is -1.17. The molecule has 0 spiro atoms. The number of pyridine rings is 1. The number of nitrogens with zero attached hydrogens (tertiary/aromatic N) is 3. The number of aliphatic hydroxyl groups is 6. The van der Waals surface area contributed by atoms with Gasteiger partial charge in [-0.2, -0.15) is 0 Å². The molecule has 0 radical (unpaired) electrons. The second kappa shape index (κ2) is 11.5. The van der Waals surface area contributed by atoms with E-state index in [-0.39, 0.29) is 13.1 Å². The molecular weight excluding hydrogens is 342 g/mol. The number of aromatic nitrogens is 1. The first kappa shape index (κ1) is 22.9. The molecule has 0 aliphatic carbocycles. The highest BCUT2D eigenvalue weighted by molar-refractivity contribution is 5.18. The van der Waals surface area contributed by atoms with E-state index >= 15 is 0 Å². The molecule has 150 valence electrons. The minimum atomic E-state index is -1.17. The molecule has 0 fully saturated rings. The summed E-state index contributed by atoms with van der Waals surface area (Å²) >= 11 is 0. The summed E-state index contributed by atoms with van der Waals surface area (Å²) in [5.74, 6) is 0. The van der Waals surface area contributed by atoms with Gasteiger partial charge in [0.2, 0.25) is 0 Å².